The van der Waals surface area contributed by atoms with E-state index < -0.39 is 12.2 Å². The van der Waals surface area contributed by atoms with Gasteiger partial charge in [0.1, 0.15) is 0 Å². The van der Waals surface area contributed by atoms with Gasteiger partial charge in [0.05, 0.1) is 11.4 Å². The van der Waals surface area contributed by atoms with Gasteiger partial charge in [0.15, 0.2) is 0 Å². The second-order valence-electron chi connectivity index (χ2n) is 7.41. The number of urea groups is 1. The highest BCUT2D eigenvalue weighted by atomic mass is 16.2. The van der Waals surface area contributed by atoms with Gasteiger partial charge in [-0.05, 0) is 24.1 Å². The van der Waals surface area contributed by atoms with Crippen LogP contribution in [0.3, 0.4) is 0 Å². The lowest BCUT2D eigenvalue weighted by Crippen LogP contribution is -2.49. The minimum absolute atomic E-state index is 0.301. The number of hydrogen-bond acceptors (Lipinski definition) is 3. The van der Waals surface area contributed by atoms with Gasteiger partial charge < -0.3 is 15.5 Å². The molecular weight excluding hydrogens is 388 g/mol. The number of para-hydroxylation sites is 1. The summed E-state index contributed by atoms with van der Waals surface area (Å²) < 4.78 is 0. The van der Waals surface area contributed by atoms with Crippen molar-refractivity contribution in [1.29, 1.82) is 0 Å². The number of fused-ring (bicyclic) bond motifs is 1. The molecule has 4 rings (SSSR count). The number of hydrogen-bond donors (Lipinski definition) is 2. The fourth-order valence-corrected chi connectivity index (χ4v) is 3.60. The molecule has 0 fully saturated rings. The smallest absolute Gasteiger partial charge is 0.317 e. The highest BCUT2D eigenvalue weighted by Gasteiger charge is 2.30. The third-order valence-electron chi connectivity index (χ3n) is 5.36. The maximum absolute atomic E-state index is 13.1. The molecule has 0 aromatic heterocycles. The van der Waals surface area contributed by atoms with Crippen LogP contribution >= 0.6 is 0 Å². The molecule has 0 aliphatic carbocycles. The number of aryl methyl sites for hydroxylation is 1. The highest BCUT2D eigenvalue weighted by Crippen LogP contribution is 2.27. The van der Waals surface area contributed by atoms with Gasteiger partial charge in [-0.3, -0.25) is 4.79 Å². The van der Waals surface area contributed by atoms with E-state index in [9.17, 15) is 9.59 Å². The van der Waals surface area contributed by atoms with Crippen LogP contribution in [0.15, 0.2) is 83.9 Å². The van der Waals surface area contributed by atoms with E-state index >= 15 is 0 Å². The Morgan fingerprint density at radius 3 is 2.42 bits per heavy atom. The summed E-state index contributed by atoms with van der Waals surface area (Å²) in [6.45, 7) is 2.36. The summed E-state index contributed by atoms with van der Waals surface area (Å²) in [5.41, 5.74) is 5.24. The van der Waals surface area contributed by atoms with Crippen molar-refractivity contribution in [3.05, 3.63) is 101 Å². The molecule has 3 aromatic rings. The third-order valence-corrected chi connectivity index (χ3v) is 5.36. The van der Waals surface area contributed by atoms with Crippen LogP contribution in [0.25, 0.3) is 0 Å². The number of benzodiazepines with no additional fused rings is 1. The number of anilines is 1. The standard InChI is InChI=1S/C25H24N4O2/c1-17-10-6-7-13-19(17)16-26-25(31)28-23-24(30)29(2)21-15-9-8-14-20(21)22(27-23)18-11-4-3-5-12-18/h3-15,23H,16H2,1-2H3,(H2,26,28,31). The number of carbonyl (C=O) groups excluding carboxylic acids is 2. The Bertz CT molecular complexity index is 1140. The normalized spacial score (nSPS) is 15.5. The highest BCUT2D eigenvalue weighted by molar-refractivity contribution is 6.20. The quantitative estimate of drug-likeness (QED) is 0.687. The van der Waals surface area contributed by atoms with Crippen LogP contribution < -0.4 is 15.5 Å². The van der Waals surface area contributed by atoms with E-state index in [1.807, 2.05) is 85.8 Å². The van der Waals surface area contributed by atoms with E-state index in [0.29, 0.717) is 12.3 Å². The van der Waals surface area contributed by atoms with Gasteiger partial charge in [0, 0.05) is 24.7 Å². The first-order valence-corrected chi connectivity index (χ1v) is 10.1. The van der Waals surface area contributed by atoms with Gasteiger partial charge in [-0.25, -0.2) is 9.79 Å². The SMILES string of the molecule is Cc1ccccc1CNC(=O)NC1N=C(c2ccccc2)c2ccccc2N(C)C1=O. The Balaban J connectivity index is 1.62. The zero-order chi connectivity index (χ0) is 21.8. The van der Waals surface area contributed by atoms with Crippen molar-refractivity contribution in [2.75, 3.05) is 11.9 Å². The molecule has 3 aromatic carbocycles. The molecule has 6 heteroatoms. The minimum atomic E-state index is -1.04. The van der Waals surface area contributed by atoms with E-state index in [0.717, 1.165) is 27.9 Å². The summed E-state index contributed by atoms with van der Waals surface area (Å²) in [4.78, 5) is 32.0. The van der Waals surface area contributed by atoms with Gasteiger partial charge in [0.2, 0.25) is 6.17 Å². The van der Waals surface area contributed by atoms with Crippen molar-refractivity contribution in [2.24, 2.45) is 4.99 Å². The van der Waals surface area contributed by atoms with Gasteiger partial charge in [-0.2, -0.15) is 0 Å². The molecule has 1 atom stereocenters. The molecule has 1 aliphatic rings. The van der Waals surface area contributed by atoms with Crippen molar-refractivity contribution < 1.29 is 9.59 Å². The Morgan fingerprint density at radius 2 is 1.65 bits per heavy atom. The monoisotopic (exact) mass is 412 g/mol. The van der Waals surface area contributed by atoms with Gasteiger partial charge in [-0.15, -0.1) is 0 Å². The maximum atomic E-state index is 13.1. The average molecular weight is 412 g/mol. The van der Waals surface area contributed by atoms with Crippen LogP contribution in [0.4, 0.5) is 10.5 Å². The lowest BCUT2D eigenvalue weighted by atomic mass is 10.0. The van der Waals surface area contributed by atoms with E-state index in [2.05, 4.69) is 15.6 Å². The van der Waals surface area contributed by atoms with E-state index in [1.54, 1.807) is 11.9 Å². The number of carbonyl (C=O) groups is 2. The van der Waals surface area contributed by atoms with Crippen LogP contribution in [-0.4, -0.2) is 30.9 Å². The van der Waals surface area contributed by atoms with Crippen LogP contribution in [0, 0.1) is 6.92 Å². The largest absolute Gasteiger partial charge is 0.334 e. The molecule has 1 unspecified atom stereocenters. The van der Waals surface area contributed by atoms with Gasteiger partial charge in [-0.1, -0.05) is 72.8 Å². The third kappa shape index (κ3) is 4.33. The molecule has 0 spiro atoms. The summed E-state index contributed by atoms with van der Waals surface area (Å²) in [7, 11) is 1.70. The summed E-state index contributed by atoms with van der Waals surface area (Å²) in [5.74, 6) is -0.301. The molecule has 0 bridgehead atoms. The van der Waals surface area contributed by atoms with Gasteiger partial charge in [0.25, 0.3) is 5.91 Å². The van der Waals surface area contributed by atoms with Crippen molar-refractivity contribution >= 4 is 23.3 Å². The summed E-state index contributed by atoms with van der Waals surface area (Å²) in [6, 6.07) is 24.7. The Labute approximate surface area is 181 Å². The number of nitrogens with zero attached hydrogens (tertiary/aromatic N) is 2. The summed E-state index contributed by atoms with van der Waals surface area (Å²) in [6.07, 6.45) is -1.04. The first-order valence-electron chi connectivity index (χ1n) is 10.1. The predicted octanol–water partition coefficient (Wildman–Crippen LogP) is 3.63. The minimum Gasteiger partial charge on any atom is -0.334 e. The van der Waals surface area contributed by atoms with E-state index in [4.69, 9.17) is 0 Å². The lowest BCUT2D eigenvalue weighted by molar-refractivity contribution is -0.119. The average Bonchev–Trinajstić information content (AvgIpc) is 2.90. The number of aliphatic imine (C=N–C) groups is 1. The number of rotatable bonds is 4. The van der Waals surface area contributed by atoms with E-state index in [-0.39, 0.29) is 5.91 Å². The maximum Gasteiger partial charge on any atom is 0.317 e. The topological polar surface area (TPSA) is 73.8 Å². The van der Waals surface area contributed by atoms with Crippen LogP contribution in [0.5, 0.6) is 0 Å². The molecular formula is C25H24N4O2. The molecule has 156 valence electrons. The Kier molecular flexibility index (Phi) is 5.80. The first-order chi connectivity index (χ1) is 15.0. The lowest BCUT2D eigenvalue weighted by Gasteiger charge is -2.21. The van der Waals surface area contributed by atoms with Crippen LogP contribution in [0.1, 0.15) is 22.3 Å². The number of amides is 3. The van der Waals surface area contributed by atoms with Crippen molar-refractivity contribution in [3.8, 4) is 0 Å². The fraction of sp³-hybridized carbons (Fsp3) is 0.160. The summed E-state index contributed by atoms with van der Waals surface area (Å²) >= 11 is 0. The van der Waals surface area contributed by atoms with Crippen LogP contribution in [-0.2, 0) is 11.3 Å². The van der Waals surface area contributed by atoms with Crippen molar-refractivity contribution in [1.82, 2.24) is 10.6 Å². The first kappa shape index (κ1) is 20.3. The fourth-order valence-electron chi connectivity index (χ4n) is 3.60. The number of benzene rings is 3. The molecule has 1 heterocycles. The predicted molar refractivity (Wildman–Crippen MR) is 122 cm³/mol. The zero-order valence-corrected chi connectivity index (χ0v) is 17.5. The molecule has 0 radical (unpaired) electrons. The summed E-state index contributed by atoms with van der Waals surface area (Å²) in [5, 5.41) is 5.56. The molecule has 31 heavy (non-hydrogen) atoms. The number of likely N-dealkylation sites (N-methyl/N-ethyl adjacent to an activating group) is 1. The molecule has 0 saturated heterocycles. The zero-order valence-electron chi connectivity index (χ0n) is 17.5. The Hall–Kier alpha value is -3.93. The second kappa shape index (κ2) is 8.83. The molecule has 6 nitrogen and oxygen atoms in total. The Morgan fingerprint density at radius 1 is 0.968 bits per heavy atom. The molecule has 2 N–H and O–H groups in total. The molecule has 3 amide bonds. The van der Waals surface area contributed by atoms with Crippen molar-refractivity contribution in [2.45, 2.75) is 19.6 Å². The number of nitrogens with one attached hydrogen (secondary N) is 2. The van der Waals surface area contributed by atoms with Crippen molar-refractivity contribution in [3.63, 3.8) is 0 Å². The molecule has 1 aliphatic heterocycles. The second-order valence-corrected chi connectivity index (χ2v) is 7.41. The molecule has 0 saturated carbocycles. The van der Waals surface area contributed by atoms with Crippen LogP contribution in [0.2, 0.25) is 0 Å². The van der Waals surface area contributed by atoms with E-state index in [1.165, 1.54) is 0 Å². The van der Waals surface area contributed by atoms with Gasteiger partial charge >= 0.3 is 6.03 Å².